The molecule has 0 aliphatic carbocycles. The Morgan fingerprint density at radius 3 is 2.33 bits per heavy atom. The van der Waals surface area contributed by atoms with Gasteiger partial charge in [-0.15, -0.1) is 0 Å². The first kappa shape index (κ1) is 12.7. The van der Waals surface area contributed by atoms with Crippen LogP contribution in [0.3, 0.4) is 0 Å². The van der Waals surface area contributed by atoms with Gasteiger partial charge in [-0.2, -0.15) is 5.10 Å². The van der Waals surface area contributed by atoms with E-state index in [9.17, 15) is 8.78 Å². The molecule has 96 valence electrons. The molecule has 0 spiro atoms. The minimum atomic E-state index is -0.738. The third-order valence-electron chi connectivity index (χ3n) is 2.69. The Labute approximate surface area is 104 Å². The van der Waals surface area contributed by atoms with Crippen LogP contribution in [0.1, 0.15) is 31.0 Å². The number of hydrogen-bond donors (Lipinski definition) is 1. The maximum Gasteiger partial charge on any atom is 0.152 e. The molecule has 0 fully saturated rings. The van der Waals surface area contributed by atoms with Crippen LogP contribution in [0, 0.1) is 11.6 Å². The van der Waals surface area contributed by atoms with Gasteiger partial charge in [0.1, 0.15) is 5.69 Å². The van der Waals surface area contributed by atoms with E-state index in [1.807, 2.05) is 13.8 Å². The summed E-state index contributed by atoms with van der Waals surface area (Å²) in [5.74, 6) is -1.29. The van der Waals surface area contributed by atoms with Crippen LogP contribution in [0.5, 0.6) is 0 Å². The fraction of sp³-hybridized carbons (Fsp3) is 0.308. The summed E-state index contributed by atoms with van der Waals surface area (Å²) < 4.78 is 28.7. The van der Waals surface area contributed by atoms with Crippen molar-refractivity contribution in [3.05, 3.63) is 47.3 Å². The Morgan fingerprint density at radius 1 is 1.28 bits per heavy atom. The number of rotatable bonds is 3. The Kier molecular flexibility index (Phi) is 3.43. The predicted octanol–water partition coefficient (Wildman–Crippen LogP) is 2.77. The molecular formula is C13H14F2N2O. The highest BCUT2D eigenvalue weighted by molar-refractivity contribution is 5.37. The topological polar surface area (TPSA) is 38.0 Å². The summed E-state index contributed by atoms with van der Waals surface area (Å²) in [4.78, 5) is 0. The van der Waals surface area contributed by atoms with Crippen molar-refractivity contribution in [1.29, 1.82) is 0 Å². The molecule has 1 aromatic heterocycles. The van der Waals surface area contributed by atoms with Crippen molar-refractivity contribution < 1.29 is 13.9 Å². The summed E-state index contributed by atoms with van der Waals surface area (Å²) in [5, 5.41) is 13.0. The van der Waals surface area contributed by atoms with Gasteiger partial charge in [-0.05, 0) is 29.7 Å². The van der Waals surface area contributed by atoms with Gasteiger partial charge in [-0.1, -0.05) is 13.8 Å². The molecule has 5 heteroatoms. The number of aliphatic hydroxyl groups excluding tert-OH is 1. The third-order valence-corrected chi connectivity index (χ3v) is 2.69. The molecule has 2 rings (SSSR count). The van der Waals surface area contributed by atoms with Crippen molar-refractivity contribution in [2.45, 2.75) is 26.4 Å². The summed E-state index contributed by atoms with van der Waals surface area (Å²) in [5.41, 5.74) is 0.740. The van der Waals surface area contributed by atoms with Crippen LogP contribution >= 0.6 is 0 Å². The first-order chi connectivity index (χ1) is 8.52. The van der Waals surface area contributed by atoms with Crippen LogP contribution in [0.2, 0.25) is 0 Å². The zero-order chi connectivity index (χ0) is 13.3. The highest BCUT2D eigenvalue weighted by atomic mass is 19.1. The Bertz CT molecular complexity index is 541. The summed E-state index contributed by atoms with van der Waals surface area (Å²) in [7, 11) is 0. The molecule has 1 N–H and O–H groups in total. The highest BCUT2D eigenvalue weighted by Gasteiger charge is 2.15. The SMILES string of the molecule is CC(C)c1ccn(-c2c(F)cc(CO)cc2F)n1. The minimum Gasteiger partial charge on any atom is -0.392 e. The van der Waals surface area contributed by atoms with Crippen LogP contribution in [0.15, 0.2) is 24.4 Å². The molecule has 2 aromatic rings. The average Bonchev–Trinajstić information content (AvgIpc) is 2.77. The number of halogens is 2. The molecule has 0 aliphatic heterocycles. The van der Waals surface area contributed by atoms with Crippen molar-refractivity contribution in [2.75, 3.05) is 0 Å². The fourth-order valence-electron chi connectivity index (χ4n) is 1.70. The second kappa shape index (κ2) is 4.86. The van der Waals surface area contributed by atoms with Gasteiger partial charge in [0.2, 0.25) is 0 Å². The molecule has 0 bridgehead atoms. The van der Waals surface area contributed by atoms with Gasteiger partial charge in [0.05, 0.1) is 12.3 Å². The largest absolute Gasteiger partial charge is 0.392 e. The second-order valence-corrected chi connectivity index (χ2v) is 4.41. The van der Waals surface area contributed by atoms with Gasteiger partial charge in [0.15, 0.2) is 11.6 Å². The van der Waals surface area contributed by atoms with Crippen molar-refractivity contribution in [3.63, 3.8) is 0 Å². The van der Waals surface area contributed by atoms with Gasteiger partial charge in [0.25, 0.3) is 0 Å². The van der Waals surface area contributed by atoms with Crippen molar-refractivity contribution in [1.82, 2.24) is 9.78 Å². The van der Waals surface area contributed by atoms with Crippen LogP contribution in [-0.4, -0.2) is 14.9 Å². The van der Waals surface area contributed by atoms with Crippen molar-refractivity contribution in [3.8, 4) is 5.69 Å². The summed E-state index contributed by atoms with van der Waals surface area (Å²) in [6, 6.07) is 3.94. The smallest absolute Gasteiger partial charge is 0.152 e. The van der Waals surface area contributed by atoms with Gasteiger partial charge < -0.3 is 5.11 Å². The predicted molar refractivity (Wildman–Crippen MR) is 63.5 cm³/mol. The van der Waals surface area contributed by atoms with E-state index in [1.54, 1.807) is 6.07 Å². The molecule has 0 saturated heterocycles. The van der Waals surface area contributed by atoms with E-state index in [4.69, 9.17) is 5.11 Å². The van der Waals surface area contributed by atoms with Crippen LogP contribution in [0.25, 0.3) is 5.69 Å². The number of aromatic nitrogens is 2. The molecule has 0 aliphatic rings. The van der Waals surface area contributed by atoms with E-state index in [0.29, 0.717) is 0 Å². The lowest BCUT2D eigenvalue weighted by atomic mass is 10.1. The summed E-state index contributed by atoms with van der Waals surface area (Å²) in [6.45, 7) is 3.51. The molecule has 1 heterocycles. The zero-order valence-corrected chi connectivity index (χ0v) is 10.2. The second-order valence-electron chi connectivity index (χ2n) is 4.41. The van der Waals surface area contributed by atoms with Gasteiger partial charge in [0, 0.05) is 6.20 Å². The van der Waals surface area contributed by atoms with Crippen LogP contribution < -0.4 is 0 Å². The monoisotopic (exact) mass is 252 g/mol. The number of hydrogen-bond acceptors (Lipinski definition) is 2. The lowest BCUT2D eigenvalue weighted by molar-refractivity contribution is 0.280. The standard InChI is InChI=1S/C13H14F2N2O/c1-8(2)12-3-4-17(16-12)13-10(14)5-9(7-18)6-11(13)15/h3-6,8,18H,7H2,1-2H3. The van der Waals surface area contributed by atoms with E-state index in [2.05, 4.69) is 5.10 Å². The molecule has 18 heavy (non-hydrogen) atoms. The maximum absolute atomic E-state index is 13.8. The molecular weight excluding hydrogens is 238 g/mol. The molecule has 1 aromatic carbocycles. The maximum atomic E-state index is 13.8. The van der Waals surface area contributed by atoms with Gasteiger partial charge in [-0.3, -0.25) is 0 Å². The molecule has 0 unspecified atom stereocenters. The first-order valence-corrected chi connectivity index (χ1v) is 5.67. The molecule has 3 nitrogen and oxygen atoms in total. The summed E-state index contributed by atoms with van der Waals surface area (Å²) in [6.07, 6.45) is 1.52. The van der Waals surface area contributed by atoms with E-state index in [-0.39, 0.29) is 17.2 Å². The fourth-order valence-corrected chi connectivity index (χ4v) is 1.70. The van der Waals surface area contributed by atoms with Gasteiger partial charge in [-0.25, -0.2) is 13.5 Å². The van der Waals surface area contributed by atoms with E-state index in [0.717, 1.165) is 17.8 Å². The van der Waals surface area contributed by atoms with E-state index >= 15 is 0 Å². The van der Waals surface area contributed by atoms with Crippen molar-refractivity contribution in [2.24, 2.45) is 0 Å². The normalized spacial score (nSPS) is 11.2. The van der Waals surface area contributed by atoms with Crippen LogP contribution in [-0.2, 0) is 6.61 Å². The van der Waals surface area contributed by atoms with E-state index < -0.39 is 18.2 Å². The Balaban J connectivity index is 2.49. The summed E-state index contributed by atoms with van der Waals surface area (Å²) >= 11 is 0. The highest BCUT2D eigenvalue weighted by Crippen LogP contribution is 2.21. The number of aliphatic hydroxyl groups is 1. The molecule has 0 amide bonds. The van der Waals surface area contributed by atoms with E-state index in [1.165, 1.54) is 10.9 Å². The molecule has 0 saturated carbocycles. The molecule has 0 radical (unpaired) electrons. The zero-order valence-electron chi connectivity index (χ0n) is 10.2. The minimum absolute atomic E-state index is 0.189. The lowest BCUT2D eigenvalue weighted by Gasteiger charge is -2.07. The first-order valence-electron chi connectivity index (χ1n) is 5.67. The Hall–Kier alpha value is -1.75. The number of nitrogens with zero attached hydrogens (tertiary/aromatic N) is 2. The third kappa shape index (κ3) is 2.26. The number of benzene rings is 1. The quantitative estimate of drug-likeness (QED) is 0.912. The van der Waals surface area contributed by atoms with Gasteiger partial charge >= 0.3 is 0 Å². The average molecular weight is 252 g/mol. The van der Waals surface area contributed by atoms with Crippen molar-refractivity contribution >= 4 is 0 Å². The Morgan fingerprint density at radius 2 is 1.89 bits per heavy atom. The molecule has 0 atom stereocenters. The van der Waals surface area contributed by atoms with Crippen LogP contribution in [0.4, 0.5) is 8.78 Å². The lowest BCUT2D eigenvalue weighted by Crippen LogP contribution is -2.04.